The summed E-state index contributed by atoms with van der Waals surface area (Å²) < 4.78 is 59.9. The van der Waals surface area contributed by atoms with E-state index in [4.69, 9.17) is 16.3 Å². The average Bonchev–Trinajstić information content (AvgIpc) is 3.29. The van der Waals surface area contributed by atoms with Crippen molar-refractivity contribution in [3.8, 4) is 23.0 Å². The van der Waals surface area contributed by atoms with E-state index in [1.54, 1.807) is 37.3 Å². The number of hydrogen-bond donors (Lipinski definition) is 2. The molecule has 1 aliphatic rings. The molecule has 186 valence electrons. The highest BCUT2D eigenvalue weighted by Crippen LogP contribution is 2.43. The third-order valence-electron chi connectivity index (χ3n) is 5.88. The van der Waals surface area contributed by atoms with E-state index in [1.807, 2.05) is 0 Å². The van der Waals surface area contributed by atoms with Crippen LogP contribution in [0.15, 0.2) is 48.5 Å². The molecule has 0 atom stereocenters. The summed E-state index contributed by atoms with van der Waals surface area (Å²) in [5, 5.41) is 9.55. The summed E-state index contributed by atoms with van der Waals surface area (Å²) in [7, 11) is 0. The molecule has 4 aromatic rings. The Balaban J connectivity index is 1.40. The number of carboxylic acid groups (broad SMARTS) is 1. The second-order valence-corrected chi connectivity index (χ2v) is 8.83. The highest BCUT2D eigenvalue weighted by molar-refractivity contribution is 6.33. The quantitative estimate of drug-likeness (QED) is 0.306. The summed E-state index contributed by atoms with van der Waals surface area (Å²) in [4.78, 5) is 23.9. The van der Waals surface area contributed by atoms with Crippen molar-refractivity contribution < 1.29 is 32.2 Å². The maximum atomic E-state index is 13.6. The molecule has 1 fully saturated rings. The largest absolute Gasteiger partial charge is 0.478 e. The molecule has 3 heterocycles. The number of pyridine rings is 1. The van der Waals surface area contributed by atoms with Crippen molar-refractivity contribution in [2.24, 2.45) is 0 Å². The second kappa shape index (κ2) is 8.37. The molecule has 0 spiro atoms. The topological polar surface area (TPSA) is 91.3 Å². The number of aromatic amines is 1. The lowest BCUT2D eigenvalue weighted by Gasteiger charge is -2.17. The molecule has 7 nitrogen and oxygen atoms in total. The van der Waals surface area contributed by atoms with Gasteiger partial charge in [0.1, 0.15) is 5.75 Å². The smallest absolute Gasteiger partial charge is 0.336 e. The van der Waals surface area contributed by atoms with E-state index in [1.165, 1.54) is 18.2 Å². The van der Waals surface area contributed by atoms with Gasteiger partial charge in [-0.2, -0.15) is 22.5 Å². The number of hydrogen-bond acceptors (Lipinski definition) is 5. The molecule has 2 aromatic carbocycles. The van der Waals surface area contributed by atoms with Crippen LogP contribution in [-0.4, -0.2) is 51.0 Å². The number of nitrogens with one attached hydrogen (secondary N) is 1. The number of imidazole rings is 1. The van der Waals surface area contributed by atoms with Gasteiger partial charge >= 0.3 is 23.8 Å². The Hall–Kier alpha value is -3.86. The van der Waals surface area contributed by atoms with Crippen LogP contribution in [0, 0.1) is 6.92 Å². The van der Waals surface area contributed by atoms with Crippen molar-refractivity contribution in [3.63, 3.8) is 0 Å². The minimum atomic E-state index is -4.10. The fourth-order valence-corrected chi connectivity index (χ4v) is 4.19. The SMILES string of the molecule is Cc1ccc(Oc2nc3nc(-c4ccc(N5CC(F)(F)C(F)(F)C5)cc4)c(Cl)cc3[nH]2)cc1C(=O)O. The third kappa shape index (κ3) is 4.19. The van der Waals surface area contributed by atoms with Gasteiger partial charge in [0.25, 0.3) is 0 Å². The Labute approximate surface area is 206 Å². The van der Waals surface area contributed by atoms with Crippen LogP contribution in [0.1, 0.15) is 15.9 Å². The number of aromatic carboxylic acids is 1. The molecule has 0 bridgehead atoms. The fourth-order valence-electron chi connectivity index (χ4n) is 3.93. The number of H-pyrrole nitrogens is 1. The van der Waals surface area contributed by atoms with Crippen molar-refractivity contribution in [3.05, 3.63) is 64.7 Å². The number of halogens is 5. The molecule has 2 aromatic heterocycles. The van der Waals surface area contributed by atoms with Gasteiger partial charge in [0.2, 0.25) is 0 Å². The predicted molar refractivity (Wildman–Crippen MR) is 125 cm³/mol. The molecule has 0 aliphatic carbocycles. The molecule has 0 saturated carbocycles. The molecule has 0 radical (unpaired) electrons. The van der Waals surface area contributed by atoms with Gasteiger partial charge in [0.15, 0.2) is 5.65 Å². The van der Waals surface area contributed by atoms with E-state index in [0.717, 1.165) is 4.90 Å². The van der Waals surface area contributed by atoms with E-state index in [9.17, 15) is 27.5 Å². The molecular formula is C24H17ClF4N4O3. The number of benzene rings is 2. The van der Waals surface area contributed by atoms with Crippen LogP contribution in [0.4, 0.5) is 23.2 Å². The van der Waals surface area contributed by atoms with Crippen LogP contribution in [0.3, 0.4) is 0 Å². The zero-order valence-corrected chi connectivity index (χ0v) is 19.3. The lowest BCUT2D eigenvalue weighted by Crippen LogP contribution is -2.38. The number of nitrogens with zero attached hydrogens (tertiary/aromatic N) is 3. The van der Waals surface area contributed by atoms with E-state index in [0.29, 0.717) is 22.3 Å². The molecule has 1 aliphatic heterocycles. The Morgan fingerprint density at radius 3 is 2.36 bits per heavy atom. The Kier molecular flexibility index (Phi) is 5.55. The number of ether oxygens (including phenoxy) is 1. The first-order valence-corrected chi connectivity index (χ1v) is 11.0. The first kappa shape index (κ1) is 23.9. The highest BCUT2D eigenvalue weighted by atomic mass is 35.5. The van der Waals surface area contributed by atoms with Gasteiger partial charge < -0.3 is 19.7 Å². The van der Waals surface area contributed by atoms with Crippen LogP contribution in [-0.2, 0) is 0 Å². The van der Waals surface area contributed by atoms with Crippen molar-refractivity contribution in [1.82, 2.24) is 15.0 Å². The normalized spacial score (nSPS) is 16.4. The van der Waals surface area contributed by atoms with Gasteiger partial charge in [-0.05, 0) is 42.8 Å². The Morgan fingerprint density at radius 1 is 1.06 bits per heavy atom. The molecule has 5 rings (SSSR count). The number of rotatable bonds is 5. The first-order chi connectivity index (χ1) is 16.9. The van der Waals surface area contributed by atoms with Gasteiger partial charge in [0, 0.05) is 11.3 Å². The van der Waals surface area contributed by atoms with Gasteiger partial charge in [-0.1, -0.05) is 29.8 Å². The van der Waals surface area contributed by atoms with E-state index >= 15 is 0 Å². The molecule has 0 unspecified atom stereocenters. The summed E-state index contributed by atoms with van der Waals surface area (Å²) in [6.07, 6.45) is 0. The summed E-state index contributed by atoms with van der Waals surface area (Å²) in [5.41, 5.74) is 2.49. The van der Waals surface area contributed by atoms with Crippen LogP contribution in [0.5, 0.6) is 11.8 Å². The summed E-state index contributed by atoms with van der Waals surface area (Å²) in [6, 6.07) is 12.2. The van der Waals surface area contributed by atoms with Crippen molar-refractivity contribution >= 4 is 34.4 Å². The van der Waals surface area contributed by atoms with E-state index in [-0.39, 0.29) is 33.7 Å². The lowest BCUT2D eigenvalue weighted by atomic mass is 10.1. The molecule has 12 heteroatoms. The number of aryl methyl sites for hydroxylation is 1. The number of carboxylic acids is 1. The summed E-state index contributed by atoms with van der Waals surface area (Å²) >= 11 is 6.40. The second-order valence-electron chi connectivity index (χ2n) is 8.43. The lowest BCUT2D eigenvalue weighted by molar-refractivity contribution is -0.172. The van der Waals surface area contributed by atoms with Gasteiger partial charge in [0.05, 0.1) is 34.9 Å². The molecule has 1 saturated heterocycles. The van der Waals surface area contributed by atoms with Gasteiger partial charge in [-0.15, -0.1) is 0 Å². The summed E-state index contributed by atoms with van der Waals surface area (Å²) in [5.74, 6) is -9.03. The Morgan fingerprint density at radius 2 is 1.72 bits per heavy atom. The van der Waals surface area contributed by atoms with Crippen molar-refractivity contribution in [2.75, 3.05) is 18.0 Å². The zero-order chi connectivity index (χ0) is 25.8. The number of carbonyl (C=O) groups is 1. The predicted octanol–water partition coefficient (Wildman–Crippen LogP) is 6.17. The van der Waals surface area contributed by atoms with Crippen molar-refractivity contribution in [2.45, 2.75) is 18.8 Å². The third-order valence-corrected chi connectivity index (χ3v) is 6.17. The van der Waals surface area contributed by atoms with Crippen LogP contribution in [0.2, 0.25) is 5.02 Å². The number of alkyl halides is 4. The van der Waals surface area contributed by atoms with Gasteiger partial charge in [-0.3, -0.25) is 0 Å². The maximum Gasteiger partial charge on any atom is 0.336 e. The minimum Gasteiger partial charge on any atom is -0.478 e. The fraction of sp³-hybridized carbons (Fsp3) is 0.208. The van der Waals surface area contributed by atoms with E-state index in [2.05, 4.69) is 15.0 Å². The van der Waals surface area contributed by atoms with Crippen molar-refractivity contribution in [1.29, 1.82) is 0 Å². The standard InChI is InChI=1S/C24H17ClF4N4O3/c1-12-2-7-15(8-16(12)21(34)35)36-22-30-18-9-17(25)19(31-20(18)32-22)13-3-5-14(6-4-13)33-10-23(26,27)24(28,29)11-33/h2-9H,10-11H2,1H3,(H,34,35)(H,30,31,32). The first-order valence-electron chi connectivity index (χ1n) is 10.6. The number of fused-ring (bicyclic) bond motifs is 1. The monoisotopic (exact) mass is 520 g/mol. The van der Waals surface area contributed by atoms with E-state index < -0.39 is 30.9 Å². The highest BCUT2D eigenvalue weighted by Gasteiger charge is 2.62. The van der Waals surface area contributed by atoms with Crippen LogP contribution in [0.25, 0.3) is 22.4 Å². The minimum absolute atomic E-state index is 0.0668. The molecular weight excluding hydrogens is 504 g/mol. The Bertz CT molecular complexity index is 1480. The average molecular weight is 521 g/mol. The van der Waals surface area contributed by atoms with Gasteiger partial charge in [-0.25, -0.2) is 9.78 Å². The van der Waals surface area contributed by atoms with Crippen LogP contribution >= 0.6 is 11.6 Å². The number of anilines is 1. The molecule has 0 amide bonds. The van der Waals surface area contributed by atoms with Crippen LogP contribution < -0.4 is 9.64 Å². The molecule has 2 N–H and O–H groups in total. The number of aromatic nitrogens is 3. The maximum absolute atomic E-state index is 13.6. The summed E-state index contributed by atoms with van der Waals surface area (Å²) in [6.45, 7) is -0.477. The zero-order valence-electron chi connectivity index (χ0n) is 18.5. The molecule has 36 heavy (non-hydrogen) atoms.